The van der Waals surface area contributed by atoms with Crippen molar-refractivity contribution in [3.8, 4) is 22.6 Å². The molecule has 2 amide bonds. The molecule has 0 radical (unpaired) electrons. The fourth-order valence-corrected chi connectivity index (χ4v) is 3.49. The normalized spacial score (nSPS) is 11.3. The van der Waals surface area contributed by atoms with Gasteiger partial charge in [-0.2, -0.15) is 5.10 Å². The van der Waals surface area contributed by atoms with Crippen LogP contribution in [0.5, 0.6) is 0 Å². The number of hydrogen-bond acceptors (Lipinski definition) is 6. The maximum atomic E-state index is 12.6. The molecule has 0 saturated heterocycles. The van der Waals surface area contributed by atoms with Crippen LogP contribution in [0.1, 0.15) is 19.9 Å². The zero-order valence-corrected chi connectivity index (χ0v) is 18.3. The molecular weight excluding hydrogens is 420 g/mol. The molecule has 166 valence electrons. The molecule has 11 heteroatoms. The van der Waals surface area contributed by atoms with Gasteiger partial charge in [0.05, 0.1) is 11.7 Å². The number of nitrogens with zero attached hydrogens (tertiary/aromatic N) is 8. The van der Waals surface area contributed by atoms with Gasteiger partial charge < -0.3 is 4.57 Å². The Balaban J connectivity index is 1.31. The molecule has 0 fully saturated rings. The van der Waals surface area contributed by atoms with Gasteiger partial charge in [-0.1, -0.05) is 12.1 Å². The highest BCUT2D eigenvalue weighted by Gasteiger charge is 2.13. The lowest BCUT2D eigenvalue weighted by Crippen LogP contribution is -2.20. The molecule has 0 aliphatic heterocycles. The van der Waals surface area contributed by atoms with Gasteiger partial charge in [0.15, 0.2) is 11.6 Å². The average molecular weight is 442 g/mol. The second-order valence-corrected chi connectivity index (χ2v) is 7.86. The van der Waals surface area contributed by atoms with Gasteiger partial charge in [-0.25, -0.2) is 14.3 Å². The topological polar surface area (TPSA) is 120 Å². The number of hydrogen-bond donors (Lipinski definition) is 2. The van der Waals surface area contributed by atoms with Gasteiger partial charge in [0.25, 0.3) is 0 Å². The number of aryl methyl sites for hydroxylation is 1. The number of fused-ring (bicyclic) bond motifs is 1. The first-order valence-electron chi connectivity index (χ1n) is 10.4. The Hall–Kier alpha value is -4.54. The Kier molecular flexibility index (Phi) is 5.05. The third-order valence-electron chi connectivity index (χ3n) is 5.09. The number of pyridine rings is 2. The van der Waals surface area contributed by atoms with Gasteiger partial charge in [-0.05, 0) is 32.0 Å². The molecule has 5 aromatic heterocycles. The van der Waals surface area contributed by atoms with Crippen molar-refractivity contribution in [2.24, 2.45) is 7.05 Å². The monoisotopic (exact) mass is 442 g/mol. The summed E-state index contributed by atoms with van der Waals surface area (Å²) >= 11 is 0. The van der Waals surface area contributed by atoms with Crippen LogP contribution in [0.15, 0.2) is 61.3 Å². The molecule has 2 N–H and O–H groups in total. The maximum absolute atomic E-state index is 12.6. The number of anilines is 2. The van der Waals surface area contributed by atoms with E-state index < -0.39 is 6.03 Å². The van der Waals surface area contributed by atoms with Crippen LogP contribution in [-0.2, 0) is 7.05 Å². The van der Waals surface area contributed by atoms with Crippen molar-refractivity contribution in [1.82, 2.24) is 39.1 Å². The van der Waals surface area contributed by atoms with Crippen LogP contribution in [0.3, 0.4) is 0 Å². The van der Waals surface area contributed by atoms with Crippen molar-refractivity contribution < 1.29 is 4.79 Å². The van der Waals surface area contributed by atoms with Crippen molar-refractivity contribution >= 4 is 23.2 Å². The Morgan fingerprint density at radius 3 is 2.67 bits per heavy atom. The van der Waals surface area contributed by atoms with Gasteiger partial charge >= 0.3 is 6.03 Å². The summed E-state index contributed by atoms with van der Waals surface area (Å²) in [5.74, 6) is 1.45. The Morgan fingerprint density at radius 2 is 1.88 bits per heavy atom. The number of rotatable bonds is 5. The SMILES string of the molecule is CC(C)n1cnnc1-c1cccc(NC(=O)Nc2cc3ccc(-c4cnn(C)c4)cn3n2)n1. The zero-order valence-electron chi connectivity index (χ0n) is 18.3. The average Bonchev–Trinajstić information content (AvgIpc) is 3.52. The van der Waals surface area contributed by atoms with Crippen LogP contribution < -0.4 is 10.6 Å². The highest BCUT2D eigenvalue weighted by molar-refractivity contribution is 5.99. The van der Waals surface area contributed by atoms with Crippen molar-refractivity contribution in [3.63, 3.8) is 0 Å². The van der Waals surface area contributed by atoms with Gasteiger partial charge in [0.1, 0.15) is 17.8 Å². The maximum Gasteiger partial charge on any atom is 0.326 e. The van der Waals surface area contributed by atoms with E-state index >= 15 is 0 Å². The first-order chi connectivity index (χ1) is 16.0. The molecule has 0 spiro atoms. The summed E-state index contributed by atoms with van der Waals surface area (Å²) in [5.41, 5.74) is 3.44. The summed E-state index contributed by atoms with van der Waals surface area (Å²) in [7, 11) is 1.87. The molecule has 0 unspecified atom stereocenters. The Morgan fingerprint density at radius 1 is 1.03 bits per heavy atom. The highest BCUT2D eigenvalue weighted by atomic mass is 16.2. The van der Waals surface area contributed by atoms with E-state index in [1.54, 1.807) is 33.9 Å². The fraction of sp³-hybridized carbons (Fsp3) is 0.182. The van der Waals surface area contributed by atoms with Crippen LogP contribution in [0.25, 0.3) is 28.2 Å². The molecule has 11 nitrogen and oxygen atoms in total. The minimum absolute atomic E-state index is 0.186. The number of urea groups is 1. The molecule has 0 bridgehead atoms. The number of aromatic nitrogens is 8. The largest absolute Gasteiger partial charge is 0.326 e. The molecule has 33 heavy (non-hydrogen) atoms. The van der Waals surface area contributed by atoms with Crippen molar-refractivity contribution in [1.29, 1.82) is 0 Å². The van der Waals surface area contributed by atoms with E-state index in [4.69, 9.17) is 0 Å². The fourth-order valence-electron chi connectivity index (χ4n) is 3.49. The summed E-state index contributed by atoms with van der Waals surface area (Å²) in [4.78, 5) is 17.1. The Labute approximate surface area is 189 Å². The van der Waals surface area contributed by atoms with E-state index in [1.807, 2.05) is 62.1 Å². The lowest BCUT2D eigenvalue weighted by molar-refractivity contribution is 0.262. The molecule has 0 aromatic carbocycles. The number of carbonyl (C=O) groups excluding carboxylic acids is 1. The Bertz CT molecular complexity index is 1440. The van der Waals surface area contributed by atoms with E-state index in [9.17, 15) is 4.79 Å². The van der Waals surface area contributed by atoms with E-state index in [0.717, 1.165) is 16.6 Å². The summed E-state index contributed by atoms with van der Waals surface area (Å²) in [6.45, 7) is 4.08. The minimum Gasteiger partial charge on any atom is -0.310 e. The molecule has 0 atom stereocenters. The predicted octanol–water partition coefficient (Wildman–Crippen LogP) is 3.61. The standard InChI is InChI=1S/C22H22N10O/c1-14(2)31-13-23-28-21(31)18-5-4-6-19(25-18)26-22(33)27-20-9-17-8-7-15(12-32(17)29-20)16-10-24-30(3)11-16/h4-14H,1-3H3,(H2,25,26,27,29,33). The van der Waals surface area contributed by atoms with Crippen molar-refractivity contribution in [3.05, 3.63) is 61.3 Å². The first-order valence-corrected chi connectivity index (χ1v) is 10.4. The molecule has 5 heterocycles. The van der Waals surface area contributed by atoms with Crippen LogP contribution in [0.4, 0.5) is 16.4 Å². The second kappa shape index (κ2) is 8.19. The number of carbonyl (C=O) groups is 1. The molecule has 0 aliphatic carbocycles. The van der Waals surface area contributed by atoms with E-state index in [0.29, 0.717) is 23.2 Å². The van der Waals surface area contributed by atoms with Crippen molar-refractivity contribution in [2.75, 3.05) is 10.6 Å². The minimum atomic E-state index is -0.444. The van der Waals surface area contributed by atoms with Crippen molar-refractivity contribution in [2.45, 2.75) is 19.9 Å². The summed E-state index contributed by atoms with van der Waals surface area (Å²) in [5, 5.41) is 22.3. The second-order valence-electron chi connectivity index (χ2n) is 7.86. The predicted molar refractivity (Wildman–Crippen MR) is 124 cm³/mol. The molecule has 0 saturated carbocycles. The summed E-state index contributed by atoms with van der Waals surface area (Å²) < 4.78 is 5.38. The van der Waals surface area contributed by atoms with E-state index in [1.165, 1.54) is 0 Å². The third kappa shape index (κ3) is 4.15. The first kappa shape index (κ1) is 20.4. The summed E-state index contributed by atoms with van der Waals surface area (Å²) in [6, 6.07) is 10.8. The lowest BCUT2D eigenvalue weighted by Gasteiger charge is -2.10. The molecule has 0 aliphatic rings. The van der Waals surface area contributed by atoms with Crippen LogP contribution in [-0.4, -0.2) is 45.2 Å². The zero-order chi connectivity index (χ0) is 22.9. The van der Waals surface area contributed by atoms with E-state index in [2.05, 4.69) is 36.0 Å². The number of nitrogens with one attached hydrogen (secondary N) is 2. The van der Waals surface area contributed by atoms with Gasteiger partial charge in [0.2, 0.25) is 0 Å². The molecular formula is C22H22N10O. The quantitative estimate of drug-likeness (QED) is 0.429. The van der Waals surface area contributed by atoms with Gasteiger partial charge in [-0.15, -0.1) is 15.3 Å². The van der Waals surface area contributed by atoms with Crippen LogP contribution in [0.2, 0.25) is 0 Å². The summed E-state index contributed by atoms with van der Waals surface area (Å²) in [6.07, 6.45) is 7.28. The smallest absolute Gasteiger partial charge is 0.310 e. The molecule has 5 aromatic rings. The molecule has 5 rings (SSSR count). The van der Waals surface area contributed by atoms with Gasteiger partial charge in [-0.3, -0.25) is 15.3 Å². The van der Waals surface area contributed by atoms with Crippen LogP contribution >= 0.6 is 0 Å². The van der Waals surface area contributed by atoms with E-state index in [-0.39, 0.29) is 6.04 Å². The van der Waals surface area contributed by atoms with Gasteiger partial charge in [0, 0.05) is 42.7 Å². The number of amides is 2. The highest BCUT2D eigenvalue weighted by Crippen LogP contribution is 2.22. The lowest BCUT2D eigenvalue weighted by atomic mass is 10.1. The third-order valence-corrected chi connectivity index (χ3v) is 5.09. The van der Waals surface area contributed by atoms with Crippen LogP contribution in [0, 0.1) is 0 Å².